The number of fused-ring (bicyclic) bond motifs is 3. The van der Waals surface area contributed by atoms with Crippen molar-refractivity contribution in [1.82, 2.24) is 0 Å². The van der Waals surface area contributed by atoms with E-state index in [2.05, 4.69) is 10.5 Å². The topological polar surface area (TPSA) is 77.0 Å². The van der Waals surface area contributed by atoms with Crippen LogP contribution < -0.4 is 10.1 Å². The molecule has 33 heavy (non-hydrogen) atoms. The molecule has 0 saturated carbocycles. The van der Waals surface area contributed by atoms with Gasteiger partial charge in [-0.15, -0.1) is 4.91 Å². The minimum absolute atomic E-state index is 0.222. The monoisotopic (exact) mass is 458 g/mol. The predicted molar refractivity (Wildman–Crippen MR) is 129 cm³/mol. The average molecular weight is 459 g/mol. The number of thioether (sulfide) groups is 1. The van der Waals surface area contributed by atoms with Gasteiger partial charge >= 0.3 is 5.97 Å². The molecule has 166 valence electrons. The van der Waals surface area contributed by atoms with Crippen molar-refractivity contribution in [3.8, 4) is 5.75 Å². The Morgan fingerprint density at radius 3 is 2.39 bits per heavy atom. The Bertz CT molecular complexity index is 1220. The third kappa shape index (κ3) is 3.58. The summed E-state index contributed by atoms with van der Waals surface area (Å²) in [6.45, 7) is 1.99. The van der Waals surface area contributed by atoms with Crippen molar-refractivity contribution in [2.24, 2.45) is 5.18 Å². The minimum atomic E-state index is -1.32. The highest BCUT2D eigenvalue weighted by molar-refractivity contribution is 8.04. The van der Waals surface area contributed by atoms with Crippen molar-refractivity contribution in [1.29, 1.82) is 0 Å². The summed E-state index contributed by atoms with van der Waals surface area (Å²) in [6.07, 6.45) is -0.694. The highest BCUT2D eigenvalue weighted by atomic mass is 32.2. The molecule has 6 nitrogen and oxygen atoms in total. The summed E-state index contributed by atoms with van der Waals surface area (Å²) < 4.78 is 11.8. The Hall–Kier alpha value is -3.58. The van der Waals surface area contributed by atoms with E-state index in [1.54, 1.807) is 6.92 Å². The molecule has 0 aromatic heterocycles. The number of hydrogen-bond donors (Lipinski definition) is 1. The van der Waals surface area contributed by atoms with E-state index in [0.717, 1.165) is 16.8 Å². The Morgan fingerprint density at radius 2 is 1.70 bits per heavy atom. The van der Waals surface area contributed by atoms with Crippen molar-refractivity contribution < 1.29 is 14.3 Å². The predicted octanol–water partition coefficient (Wildman–Crippen LogP) is 6.00. The normalized spacial score (nSPS) is 23.2. The van der Waals surface area contributed by atoms with Crippen LogP contribution in [0.15, 0.2) is 101 Å². The number of nitrogens with one attached hydrogen (secondary N) is 1. The highest BCUT2D eigenvalue weighted by Crippen LogP contribution is 2.65. The lowest BCUT2D eigenvalue weighted by atomic mass is 9.78. The van der Waals surface area contributed by atoms with Gasteiger partial charge in [0, 0.05) is 11.3 Å². The maximum absolute atomic E-state index is 13.3. The second-order valence-electron chi connectivity index (χ2n) is 7.78. The molecule has 0 spiro atoms. The maximum Gasteiger partial charge on any atom is 0.337 e. The number of rotatable bonds is 6. The van der Waals surface area contributed by atoms with Crippen molar-refractivity contribution in [2.45, 2.75) is 23.8 Å². The zero-order chi connectivity index (χ0) is 22.8. The number of hydrogen-bond acceptors (Lipinski definition) is 7. The molecule has 3 unspecified atom stereocenters. The molecule has 2 aliphatic rings. The third-order valence-electron chi connectivity index (χ3n) is 5.83. The lowest BCUT2D eigenvalue weighted by Gasteiger charge is -2.41. The standard InChI is InChI=1S/C26H22N2O4S/c1-2-31-25(29)21-22-19-15-9-10-16-20(19)32-23(17-11-5-3-6-12-17)26(22,28-30)33-24(21)27-18-13-7-4-8-14-18/h3-16,22-23,27H,2H2,1H3. The Balaban J connectivity index is 1.72. The molecule has 2 aliphatic heterocycles. The molecule has 1 N–H and O–H groups in total. The quantitative estimate of drug-likeness (QED) is 0.361. The van der Waals surface area contributed by atoms with E-state index in [9.17, 15) is 9.70 Å². The van der Waals surface area contributed by atoms with Crippen molar-refractivity contribution in [2.75, 3.05) is 11.9 Å². The Morgan fingerprint density at radius 1 is 1.03 bits per heavy atom. The Labute approximate surface area is 196 Å². The molecule has 0 amide bonds. The fourth-order valence-corrected chi connectivity index (χ4v) is 5.95. The van der Waals surface area contributed by atoms with E-state index in [1.165, 1.54) is 11.8 Å². The maximum atomic E-state index is 13.3. The summed E-state index contributed by atoms with van der Waals surface area (Å²) in [6, 6.07) is 26.5. The smallest absolute Gasteiger partial charge is 0.337 e. The number of para-hydroxylation sites is 2. The molecular formula is C26H22N2O4S. The number of nitrogens with zero attached hydrogens (tertiary/aromatic N) is 1. The SMILES string of the molecule is CCOC(=O)C1=C(Nc2ccccc2)SC2(N=O)C(c3ccccc3)Oc3ccccc3C12. The van der Waals surface area contributed by atoms with E-state index in [0.29, 0.717) is 16.4 Å². The summed E-state index contributed by atoms with van der Waals surface area (Å²) in [5.41, 5.74) is 2.74. The fraction of sp³-hybridized carbons (Fsp3) is 0.192. The molecule has 0 radical (unpaired) electrons. The van der Waals surface area contributed by atoms with Gasteiger partial charge in [-0.25, -0.2) is 4.79 Å². The number of ether oxygens (including phenoxy) is 2. The summed E-state index contributed by atoms with van der Waals surface area (Å²) in [7, 11) is 0. The summed E-state index contributed by atoms with van der Waals surface area (Å²) >= 11 is 1.23. The number of esters is 1. The van der Waals surface area contributed by atoms with Gasteiger partial charge < -0.3 is 14.8 Å². The first kappa shape index (κ1) is 21.3. The molecule has 0 fully saturated rings. The van der Waals surface area contributed by atoms with Crippen LogP contribution in [0.5, 0.6) is 5.75 Å². The largest absolute Gasteiger partial charge is 0.482 e. The second-order valence-corrected chi connectivity index (χ2v) is 9.05. The van der Waals surface area contributed by atoms with Crippen LogP contribution in [-0.2, 0) is 9.53 Å². The van der Waals surface area contributed by atoms with Gasteiger partial charge in [0.25, 0.3) is 0 Å². The van der Waals surface area contributed by atoms with Crippen molar-refractivity contribution in [3.05, 3.63) is 112 Å². The number of anilines is 1. The van der Waals surface area contributed by atoms with Gasteiger partial charge in [-0.2, -0.15) is 0 Å². The lowest BCUT2D eigenvalue weighted by molar-refractivity contribution is -0.139. The first-order valence-corrected chi connectivity index (χ1v) is 11.6. The molecule has 3 aromatic carbocycles. The van der Waals surface area contributed by atoms with E-state index >= 15 is 0 Å². The number of nitroso groups, excluding NO2 is 1. The zero-order valence-corrected chi connectivity index (χ0v) is 18.7. The van der Waals surface area contributed by atoms with Crippen LogP contribution >= 0.6 is 11.8 Å². The van der Waals surface area contributed by atoms with E-state index in [1.807, 2.05) is 84.9 Å². The average Bonchev–Trinajstić information content (AvgIpc) is 3.20. The molecule has 3 aromatic rings. The first-order valence-electron chi connectivity index (χ1n) is 10.8. The number of benzene rings is 3. The third-order valence-corrected chi connectivity index (χ3v) is 7.21. The van der Waals surface area contributed by atoms with Crippen LogP contribution in [-0.4, -0.2) is 17.4 Å². The van der Waals surface area contributed by atoms with Crippen LogP contribution in [0.2, 0.25) is 0 Å². The van der Waals surface area contributed by atoms with Crippen LogP contribution in [0.1, 0.15) is 30.1 Å². The molecule has 2 heterocycles. The van der Waals surface area contributed by atoms with Gasteiger partial charge in [-0.3, -0.25) is 0 Å². The fourth-order valence-electron chi connectivity index (χ4n) is 4.45. The van der Waals surface area contributed by atoms with E-state index in [-0.39, 0.29) is 6.61 Å². The van der Waals surface area contributed by atoms with Crippen molar-refractivity contribution >= 4 is 23.4 Å². The zero-order valence-electron chi connectivity index (χ0n) is 17.9. The molecule has 0 bridgehead atoms. The highest BCUT2D eigenvalue weighted by Gasteiger charge is 2.62. The van der Waals surface area contributed by atoms with Crippen LogP contribution in [0.25, 0.3) is 0 Å². The van der Waals surface area contributed by atoms with Gasteiger partial charge in [-0.05, 0) is 35.9 Å². The Kier molecular flexibility index (Phi) is 5.64. The number of carbonyl (C=O) groups is 1. The minimum Gasteiger partial charge on any atom is -0.482 e. The molecule has 7 heteroatoms. The van der Waals surface area contributed by atoms with Crippen LogP contribution in [0, 0.1) is 4.91 Å². The second kappa shape index (κ2) is 8.75. The van der Waals surface area contributed by atoms with Gasteiger partial charge in [0.2, 0.25) is 4.87 Å². The summed E-state index contributed by atoms with van der Waals surface area (Å²) in [5, 5.41) is 7.56. The molecular weight excluding hydrogens is 436 g/mol. The molecule has 5 rings (SSSR count). The number of carbonyl (C=O) groups excluding carboxylic acids is 1. The molecule has 0 saturated heterocycles. The van der Waals surface area contributed by atoms with Gasteiger partial charge in [0.15, 0.2) is 6.10 Å². The van der Waals surface area contributed by atoms with Gasteiger partial charge in [0.1, 0.15) is 5.75 Å². The molecule has 3 atom stereocenters. The van der Waals surface area contributed by atoms with Gasteiger partial charge in [0.05, 0.1) is 23.1 Å². The summed E-state index contributed by atoms with van der Waals surface area (Å²) in [5.74, 6) is -0.484. The summed E-state index contributed by atoms with van der Waals surface area (Å²) in [4.78, 5) is 24.7. The van der Waals surface area contributed by atoms with Crippen LogP contribution in [0.3, 0.4) is 0 Å². The first-order chi connectivity index (χ1) is 16.2. The van der Waals surface area contributed by atoms with E-state index in [4.69, 9.17) is 9.47 Å². The molecule has 0 aliphatic carbocycles. The van der Waals surface area contributed by atoms with Gasteiger partial charge in [-0.1, -0.05) is 78.5 Å². The van der Waals surface area contributed by atoms with Crippen molar-refractivity contribution in [3.63, 3.8) is 0 Å². The van der Waals surface area contributed by atoms with E-state index < -0.39 is 22.9 Å². The van der Waals surface area contributed by atoms with Crippen LogP contribution in [0.4, 0.5) is 5.69 Å². The lowest BCUT2D eigenvalue weighted by Crippen LogP contribution is -2.42.